The van der Waals surface area contributed by atoms with E-state index in [1.807, 2.05) is 24.3 Å². The predicted molar refractivity (Wildman–Crippen MR) is 112 cm³/mol. The first-order valence-corrected chi connectivity index (χ1v) is 8.91. The van der Waals surface area contributed by atoms with Gasteiger partial charge in [0.05, 0.1) is 5.56 Å². The summed E-state index contributed by atoms with van der Waals surface area (Å²) < 4.78 is 0. The Kier molecular flexibility index (Phi) is 6.85. The molecule has 27 heavy (non-hydrogen) atoms. The van der Waals surface area contributed by atoms with Gasteiger partial charge in [-0.1, -0.05) is 44.2 Å². The minimum Gasteiger partial charge on any atom is -0.478 e. The maximum atomic E-state index is 12.0. The topological polar surface area (TPSA) is 78.4 Å². The Morgan fingerprint density at radius 1 is 1.11 bits per heavy atom. The first kappa shape index (κ1) is 20.3. The van der Waals surface area contributed by atoms with Crippen molar-refractivity contribution in [2.75, 3.05) is 5.32 Å². The van der Waals surface area contributed by atoms with Crippen LogP contribution in [0, 0.1) is 6.92 Å². The first-order valence-electron chi connectivity index (χ1n) is 8.51. The number of rotatable bonds is 5. The highest BCUT2D eigenvalue weighted by Gasteiger charge is 2.11. The third-order valence-electron chi connectivity index (χ3n) is 4.08. The first-order chi connectivity index (χ1) is 12.8. The summed E-state index contributed by atoms with van der Waals surface area (Å²) in [5, 5.41) is 14.7. The van der Waals surface area contributed by atoms with Gasteiger partial charge in [0.2, 0.25) is 5.91 Å². The molecule has 2 rings (SSSR count). The molecule has 0 radical (unpaired) electrons. The van der Waals surface area contributed by atoms with Gasteiger partial charge < -0.3 is 10.4 Å². The van der Waals surface area contributed by atoms with E-state index in [1.54, 1.807) is 25.1 Å². The third kappa shape index (κ3) is 5.76. The Morgan fingerprint density at radius 2 is 1.78 bits per heavy atom. The van der Waals surface area contributed by atoms with Crippen LogP contribution in [0.5, 0.6) is 0 Å². The van der Waals surface area contributed by atoms with Crippen LogP contribution in [0.15, 0.2) is 48.5 Å². The highest BCUT2D eigenvalue weighted by atomic mass is 32.1. The van der Waals surface area contributed by atoms with Crippen molar-refractivity contribution in [2.45, 2.75) is 26.7 Å². The molecule has 2 aromatic rings. The molecule has 0 heterocycles. The molecule has 0 unspecified atom stereocenters. The molecular weight excluding hydrogens is 360 g/mol. The van der Waals surface area contributed by atoms with Crippen LogP contribution in [0.2, 0.25) is 0 Å². The lowest BCUT2D eigenvalue weighted by atomic mass is 10.0. The fourth-order valence-corrected chi connectivity index (χ4v) is 2.68. The summed E-state index contributed by atoms with van der Waals surface area (Å²) in [6.07, 6.45) is 3.11. The highest BCUT2D eigenvalue weighted by molar-refractivity contribution is 7.80. The van der Waals surface area contributed by atoms with Gasteiger partial charge in [0.25, 0.3) is 0 Å². The van der Waals surface area contributed by atoms with Crippen LogP contribution < -0.4 is 10.6 Å². The van der Waals surface area contributed by atoms with Crippen molar-refractivity contribution >= 4 is 41.0 Å². The maximum Gasteiger partial charge on any atom is 0.336 e. The van der Waals surface area contributed by atoms with Crippen LogP contribution in [0.4, 0.5) is 5.69 Å². The van der Waals surface area contributed by atoms with E-state index in [9.17, 15) is 9.59 Å². The molecule has 0 atom stereocenters. The molecule has 6 heteroatoms. The van der Waals surface area contributed by atoms with Crippen molar-refractivity contribution in [3.05, 3.63) is 70.8 Å². The number of amides is 1. The van der Waals surface area contributed by atoms with Crippen LogP contribution in [0.3, 0.4) is 0 Å². The van der Waals surface area contributed by atoms with E-state index in [1.165, 1.54) is 17.7 Å². The van der Waals surface area contributed by atoms with E-state index in [0.29, 0.717) is 17.2 Å². The summed E-state index contributed by atoms with van der Waals surface area (Å²) in [6, 6.07) is 12.8. The fraction of sp³-hybridized carbons (Fsp3) is 0.190. The van der Waals surface area contributed by atoms with Gasteiger partial charge in [-0.25, -0.2) is 4.79 Å². The summed E-state index contributed by atoms with van der Waals surface area (Å²) in [5.74, 6) is -0.928. The van der Waals surface area contributed by atoms with Gasteiger partial charge in [0, 0.05) is 11.8 Å². The van der Waals surface area contributed by atoms with Crippen LogP contribution in [0.25, 0.3) is 6.08 Å². The van der Waals surface area contributed by atoms with E-state index < -0.39 is 5.97 Å². The van der Waals surface area contributed by atoms with Gasteiger partial charge >= 0.3 is 5.97 Å². The normalized spacial score (nSPS) is 10.8. The second-order valence-electron chi connectivity index (χ2n) is 6.38. The standard InChI is InChI=1S/C21H22N2O3S/c1-13(2)16-10-7-15(8-11-16)9-12-19(24)23-21(27)22-18-6-4-5-17(14(18)3)20(25)26/h4-13H,1-3H3,(H,25,26)(H2,22,23,24,27). The molecule has 2 aromatic carbocycles. The SMILES string of the molecule is Cc1c(NC(=S)NC(=O)C=Cc2ccc(C(C)C)cc2)cccc1C(=O)O. The molecule has 0 aliphatic rings. The summed E-state index contributed by atoms with van der Waals surface area (Å²) in [6.45, 7) is 5.93. The van der Waals surface area contributed by atoms with Crippen molar-refractivity contribution in [3.8, 4) is 0 Å². The maximum absolute atomic E-state index is 12.0. The number of hydrogen-bond acceptors (Lipinski definition) is 3. The second kappa shape index (κ2) is 9.09. The molecule has 0 aliphatic carbocycles. The summed E-state index contributed by atoms with van der Waals surface area (Å²) in [7, 11) is 0. The number of carbonyl (C=O) groups is 2. The highest BCUT2D eigenvalue weighted by Crippen LogP contribution is 2.19. The number of nitrogens with one attached hydrogen (secondary N) is 2. The van der Waals surface area contributed by atoms with Gasteiger partial charge in [-0.3, -0.25) is 10.1 Å². The number of carbonyl (C=O) groups excluding carboxylic acids is 1. The number of hydrogen-bond donors (Lipinski definition) is 3. The fourth-order valence-electron chi connectivity index (χ4n) is 2.47. The molecule has 1 amide bonds. The van der Waals surface area contributed by atoms with Gasteiger partial charge in [-0.05, 0) is 60.0 Å². The Morgan fingerprint density at radius 3 is 2.37 bits per heavy atom. The Bertz CT molecular complexity index is 887. The van der Waals surface area contributed by atoms with Crippen molar-refractivity contribution in [3.63, 3.8) is 0 Å². The molecule has 0 saturated carbocycles. The summed E-state index contributed by atoms with van der Waals surface area (Å²) in [5.41, 5.74) is 3.41. The Hall–Kier alpha value is -2.99. The van der Waals surface area contributed by atoms with Crippen molar-refractivity contribution in [1.82, 2.24) is 5.32 Å². The number of anilines is 1. The molecule has 0 bridgehead atoms. The van der Waals surface area contributed by atoms with E-state index in [4.69, 9.17) is 17.3 Å². The van der Waals surface area contributed by atoms with E-state index in [0.717, 1.165) is 5.56 Å². The summed E-state index contributed by atoms with van der Waals surface area (Å²) >= 11 is 5.13. The Balaban J connectivity index is 1.97. The minimum atomic E-state index is -1.02. The van der Waals surface area contributed by atoms with Gasteiger partial charge in [-0.2, -0.15) is 0 Å². The molecule has 3 N–H and O–H groups in total. The largest absolute Gasteiger partial charge is 0.478 e. The number of aromatic carboxylic acids is 1. The second-order valence-corrected chi connectivity index (χ2v) is 6.79. The van der Waals surface area contributed by atoms with Crippen molar-refractivity contribution in [1.29, 1.82) is 0 Å². The van der Waals surface area contributed by atoms with Crippen LogP contribution >= 0.6 is 12.2 Å². The molecule has 5 nitrogen and oxygen atoms in total. The molecule has 0 aliphatic heterocycles. The van der Waals surface area contributed by atoms with Crippen molar-refractivity contribution in [2.24, 2.45) is 0 Å². The van der Waals surface area contributed by atoms with E-state index in [-0.39, 0.29) is 16.6 Å². The predicted octanol–water partition coefficient (Wildman–Crippen LogP) is 4.34. The molecular formula is C21H22N2O3S. The number of carboxylic acid groups (broad SMARTS) is 1. The van der Waals surface area contributed by atoms with E-state index in [2.05, 4.69) is 24.5 Å². The lowest BCUT2D eigenvalue weighted by molar-refractivity contribution is -0.115. The molecule has 140 valence electrons. The lowest BCUT2D eigenvalue weighted by Gasteiger charge is -2.12. The smallest absolute Gasteiger partial charge is 0.336 e. The minimum absolute atomic E-state index is 0.102. The van der Waals surface area contributed by atoms with E-state index >= 15 is 0 Å². The van der Waals surface area contributed by atoms with Gasteiger partial charge in [0.1, 0.15) is 0 Å². The molecule has 0 saturated heterocycles. The Labute approximate surface area is 164 Å². The number of benzene rings is 2. The van der Waals surface area contributed by atoms with Crippen LogP contribution in [-0.2, 0) is 4.79 Å². The van der Waals surface area contributed by atoms with Gasteiger partial charge in [0.15, 0.2) is 5.11 Å². The zero-order valence-electron chi connectivity index (χ0n) is 15.4. The number of thiocarbonyl (C=S) groups is 1. The molecule has 0 fully saturated rings. The summed E-state index contributed by atoms with van der Waals surface area (Å²) in [4.78, 5) is 23.2. The van der Waals surface area contributed by atoms with Crippen molar-refractivity contribution < 1.29 is 14.7 Å². The molecule has 0 aromatic heterocycles. The monoisotopic (exact) mass is 382 g/mol. The van der Waals surface area contributed by atoms with Gasteiger partial charge in [-0.15, -0.1) is 0 Å². The van der Waals surface area contributed by atoms with Crippen LogP contribution in [-0.4, -0.2) is 22.1 Å². The number of carboxylic acids is 1. The van der Waals surface area contributed by atoms with Crippen LogP contribution in [0.1, 0.15) is 46.8 Å². The third-order valence-corrected chi connectivity index (χ3v) is 4.28. The zero-order chi connectivity index (χ0) is 20.0. The quantitative estimate of drug-likeness (QED) is 0.529. The zero-order valence-corrected chi connectivity index (χ0v) is 16.3. The average molecular weight is 382 g/mol. The average Bonchev–Trinajstić information content (AvgIpc) is 2.61. The lowest BCUT2D eigenvalue weighted by Crippen LogP contribution is -2.33. The molecule has 0 spiro atoms.